The second-order valence-electron chi connectivity index (χ2n) is 5.00. The number of amides is 1. The molecule has 7 nitrogen and oxygen atoms in total. The topological polar surface area (TPSA) is 107 Å². The van der Waals surface area contributed by atoms with Gasteiger partial charge >= 0.3 is 5.97 Å². The Bertz CT molecular complexity index is 460. The summed E-state index contributed by atoms with van der Waals surface area (Å²) >= 11 is 1.60. The molecule has 0 saturated carbocycles. The SMILES string of the molecule is O=C(CSC1CCNCC1)N[C@H](Cc1cnc[nH]1)C(=O)O. The summed E-state index contributed by atoms with van der Waals surface area (Å²) in [5.41, 5.74) is 0.689. The van der Waals surface area contributed by atoms with Crippen LogP contribution in [0.5, 0.6) is 0 Å². The Morgan fingerprint density at radius 2 is 2.24 bits per heavy atom. The third kappa shape index (κ3) is 5.39. The molecule has 116 valence electrons. The minimum atomic E-state index is -1.04. The normalized spacial score (nSPS) is 17.3. The number of nitrogens with one attached hydrogen (secondary N) is 3. The fraction of sp³-hybridized carbons (Fsp3) is 0.615. The molecule has 1 aromatic heterocycles. The highest BCUT2D eigenvalue weighted by molar-refractivity contribution is 8.00. The van der Waals surface area contributed by atoms with Crippen LogP contribution in [0.3, 0.4) is 0 Å². The number of imidazole rings is 1. The number of piperidine rings is 1. The first-order chi connectivity index (χ1) is 10.1. The lowest BCUT2D eigenvalue weighted by Crippen LogP contribution is -2.43. The number of aromatic amines is 1. The third-order valence-electron chi connectivity index (χ3n) is 3.35. The van der Waals surface area contributed by atoms with Gasteiger partial charge in [0.1, 0.15) is 6.04 Å². The van der Waals surface area contributed by atoms with Crippen LogP contribution in [0.4, 0.5) is 0 Å². The zero-order valence-corrected chi connectivity index (χ0v) is 12.5. The molecular weight excluding hydrogens is 292 g/mol. The maximum atomic E-state index is 11.9. The lowest BCUT2D eigenvalue weighted by molar-refractivity contribution is -0.141. The Morgan fingerprint density at radius 3 is 2.86 bits per heavy atom. The Hall–Kier alpha value is -1.54. The average molecular weight is 312 g/mol. The van der Waals surface area contributed by atoms with Crippen LogP contribution in [0.1, 0.15) is 18.5 Å². The molecule has 1 amide bonds. The van der Waals surface area contributed by atoms with Crippen molar-refractivity contribution < 1.29 is 14.7 Å². The van der Waals surface area contributed by atoms with Gasteiger partial charge in [-0.2, -0.15) is 0 Å². The Labute approximate surface area is 127 Å². The van der Waals surface area contributed by atoms with Crippen molar-refractivity contribution in [1.29, 1.82) is 0 Å². The van der Waals surface area contributed by atoms with E-state index in [0.717, 1.165) is 25.9 Å². The molecule has 1 saturated heterocycles. The molecule has 0 aromatic carbocycles. The van der Waals surface area contributed by atoms with Gasteiger partial charge in [0, 0.05) is 23.6 Å². The molecule has 4 N–H and O–H groups in total. The van der Waals surface area contributed by atoms with Gasteiger partial charge in [-0.1, -0.05) is 0 Å². The Kier molecular flexibility index (Phi) is 6.06. The van der Waals surface area contributed by atoms with Gasteiger partial charge in [-0.25, -0.2) is 9.78 Å². The van der Waals surface area contributed by atoms with Gasteiger partial charge in [-0.3, -0.25) is 4.79 Å². The minimum absolute atomic E-state index is 0.207. The van der Waals surface area contributed by atoms with Gasteiger partial charge in [0.25, 0.3) is 0 Å². The predicted octanol–water partition coefficient (Wildman–Crippen LogP) is 0.00680. The molecule has 8 heteroatoms. The molecule has 1 aliphatic rings. The van der Waals surface area contributed by atoms with Crippen LogP contribution in [-0.4, -0.2) is 57.1 Å². The number of nitrogens with zero attached hydrogens (tertiary/aromatic N) is 1. The summed E-state index contributed by atoms with van der Waals surface area (Å²) in [5, 5.41) is 15.5. The zero-order chi connectivity index (χ0) is 15.1. The van der Waals surface area contributed by atoms with Crippen molar-refractivity contribution in [2.24, 2.45) is 0 Å². The number of carbonyl (C=O) groups excluding carboxylic acids is 1. The van der Waals surface area contributed by atoms with Gasteiger partial charge in [0.15, 0.2) is 0 Å². The summed E-state index contributed by atoms with van der Waals surface area (Å²) in [6, 6.07) is -0.924. The largest absolute Gasteiger partial charge is 0.480 e. The van der Waals surface area contributed by atoms with E-state index in [1.165, 1.54) is 6.33 Å². The molecule has 1 aromatic rings. The number of hydrogen-bond acceptors (Lipinski definition) is 5. The van der Waals surface area contributed by atoms with E-state index in [1.54, 1.807) is 18.0 Å². The van der Waals surface area contributed by atoms with Crippen molar-refractivity contribution in [2.45, 2.75) is 30.6 Å². The number of carboxylic acid groups (broad SMARTS) is 1. The van der Waals surface area contributed by atoms with Crippen molar-refractivity contribution in [3.8, 4) is 0 Å². The molecule has 0 radical (unpaired) electrons. The lowest BCUT2D eigenvalue weighted by atomic mass is 10.1. The van der Waals surface area contributed by atoms with Crippen LogP contribution in [0.25, 0.3) is 0 Å². The highest BCUT2D eigenvalue weighted by atomic mass is 32.2. The first-order valence-corrected chi connectivity index (χ1v) is 8.02. The summed E-state index contributed by atoms with van der Waals surface area (Å²) < 4.78 is 0. The molecular formula is C13H20N4O3S. The molecule has 0 spiro atoms. The van der Waals surface area contributed by atoms with Gasteiger partial charge in [-0.05, 0) is 25.9 Å². The molecule has 0 bridgehead atoms. The van der Waals surface area contributed by atoms with Crippen LogP contribution >= 0.6 is 11.8 Å². The standard InChI is InChI=1S/C13H20N4O3S/c18-12(7-21-10-1-3-14-4-2-10)17-11(13(19)20)5-9-6-15-8-16-9/h6,8,10-11,14H,1-5,7H2,(H,15,16)(H,17,18)(H,19,20)/t11-/m1/s1. The molecule has 1 atom stereocenters. The van der Waals surface area contributed by atoms with Gasteiger partial charge < -0.3 is 20.7 Å². The van der Waals surface area contributed by atoms with Crippen LogP contribution in [0.15, 0.2) is 12.5 Å². The van der Waals surface area contributed by atoms with Crippen LogP contribution in [0.2, 0.25) is 0 Å². The second kappa shape index (κ2) is 8.04. The van der Waals surface area contributed by atoms with E-state index >= 15 is 0 Å². The molecule has 2 rings (SSSR count). The maximum absolute atomic E-state index is 11.9. The molecule has 21 heavy (non-hydrogen) atoms. The van der Waals surface area contributed by atoms with Gasteiger partial charge in [0.2, 0.25) is 5.91 Å². The Balaban J connectivity index is 1.76. The average Bonchev–Trinajstić information content (AvgIpc) is 2.98. The molecule has 2 heterocycles. The third-order valence-corrected chi connectivity index (χ3v) is 4.72. The van der Waals surface area contributed by atoms with E-state index in [4.69, 9.17) is 0 Å². The van der Waals surface area contributed by atoms with Crippen LogP contribution in [-0.2, 0) is 16.0 Å². The van der Waals surface area contributed by atoms with Crippen LogP contribution < -0.4 is 10.6 Å². The van der Waals surface area contributed by atoms with Crippen LogP contribution in [0, 0.1) is 0 Å². The van der Waals surface area contributed by atoms with E-state index in [9.17, 15) is 14.7 Å². The summed E-state index contributed by atoms with van der Waals surface area (Å²) in [6.45, 7) is 1.97. The zero-order valence-electron chi connectivity index (χ0n) is 11.7. The monoisotopic (exact) mass is 312 g/mol. The highest BCUT2D eigenvalue weighted by Crippen LogP contribution is 2.19. The van der Waals surface area contributed by atoms with Gasteiger partial charge in [0.05, 0.1) is 12.1 Å². The van der Waals surface area contributed by atoms with E-state index in [0.29, 0.717) is 16.7 Å². The summed E-state index contributed by atoms with van der Waals surface area (Å²) in [4.78, 5) is 29.8. The van der Waals surface area contributed by atoms with Crippen molar-refractivity contribution in [2.75, 3.05) is 18.8 Å². The fourth-order valence-electron chi connectivity index (χ4n) is 2.21. The number of hydrogen-bond donors (Lipinski definition) is 4. The molecule has 0 unspecified atom stereocenters. The van der Waals surface area contributed by atoms with E-state index in [2.05, 4.69) is 20.6 Å². The number of aromatic nitrogens is 2. The first-order valence-electron chi connectivity index (χ1n) is 6.97. The fourth-order valence-corrected chi connectivity index (χ4v) is 3.25. The molecule has 0 aliphatic carbocycles. The maximum Gasteiger partial charge on any atom is 0.326 e. The van der Waals surface area contributed by atoms with E-state index in [-0.39, 0.29) is 12.3 Å². The minimum Gasteiger partial charge on any atom is -0.480 e. The van der Waals surface area contributed by atoms with E-state index < -0.39 is 12.0 Å². The highest BCUT2D eigenvalue weighted by Gasteiger charge is 2.22. The number of carbonyl (C=O) groups is 2. The van der Waals surface area contributed by atoms with Crippen molar-refractivity contribution >= 4 is 23.6 Å². The number of H-pyrrole nitrogens is 1. The number of thioether (sulfide) groups is 1. The number of aliphatic carboxylic acids is 1. The lowest BCUT2D eigenvalue weighted by Gasteiger charge is -2.22. The first kappa shape index (κ1) is 15.8. The molecule has 1 aliphatic heterocycles. The summed E-state index contributed by atoms with van der Waals surface area (Å²) in [6.07, 6.45) is 5.36. The summed E-state index contributed by atoms with van der Waals surface area (Å²) in [7, 11) is 0. The quantitative estimate of drug-likeness (QED) is 0.565. The van der Waals surface area contributed by atoms with Crippen molar-refractivity contribution in [3.63, 3.8) is 0 Å². The Morgan fingerprint density at radius 1 is 1.48 bits per heavy atom. The predicted molar refractivity (Wildman–Crippen MR) is 80.2 cm³/mol. The summed E-state index contributed by atoms with van der Waals surface area (Å²) in [5.74, 6) is -0.965. The number of rotatable bonds is 7. The molecule has 1 fully saturated rings. The number of carboxylic acids is 1. The van der Waals surface area contributed by atoms with Gasteiger partial charge in [-0.15, -0.1) is 11.8 Å². The van der Waals surface area contributed by atoms with Crippen molar-refractivity contribution in [3.05, 3.63) is 18.2 Å². The van der Waals surface area contributed by atoms with E-state index in [1.807, 2.05) is 0 Å². The van der Waals surface area contributed by atoms with Crippen molar-refractivity contribution in [1.82, 2.24) is 20.6 Å². The smallest absolute Gasteiger partial charge is 0.326 e. The second-order valence-corrected chi connectivity index (χ2v) is 6.29.